The molecule has 1 N–H and O–H groups in total. The third-order valence-corrected chi connectivity index (χ3v) is 5.61. The van der Waals surface area contributed by atoms with Crippen LogP contribution >= 0.6 is 0 Å². The maximum atomic E-state index is 12.5. The molecule has 0 aromatic heterocycles. The smallest absolute Gasteiger partial charge is 0.409 e. The maximum Gasteiger partial charge on any atom is 0.409 e. The number of methoxy groups -OCH3 is 1. The predicted molar refractivity (Wildman–Crippen MR) is 98.6 cm³/mol. The molecule has 140 valence electrons. The Bertz CT molecular complexity index is 850. The number of hydrogen-bond acceptors (Lipinski definition) is 4. The second-order valence-corrected chi connectivity index (χ2v) is 6.98. The van der Waals surface area contributed by atoms with Gasteiger partial charge < -0.3 is 19.5 Å². The fourth-order valence-corrected chi connectivity index (χ4v) is 4.05. The number of nitrogens with zero attached hydrogens (tertiary/aromatic N) is 1. The molecule has 27 heavy (non-hydrogen) atoms. The molecule has 4 rings (SSSR count). The summed E-state index contributed by atoms with van der Waals surface area (Å²) in [5, 5.41) is 9.38. The highest BCUT2D eigenvalue weighted by Crippen LogP contribution is 2.44. The highest BCUT2D eigenvalue weighted by molar-refractivity contribution is 5.81. The van der Waals surface area contributed by atoms with Gasteiger partial charge in [-0.3, -0.25) is 0 Å². The number of benzene rings is 2. The van der Waals surface area contributed by atoms with Gasteiger partial charge >= 0.3 is 12.1 Å². The van der Waals surface area contributed by atoms with Crippen molar-refractivity contribution in [2.45, 2.75) is 17.9 Å². The predicted octanol–water partition coefficient (Wildman–Crippen LogP) is 3.11. The van der Waals surface area contributed by atoms with Crippen molar-refractivity contribution in [2.24, 2.45) is 0 Å². The normalized spacial score (nSPS) is 21.0. The summed E-state index contributed by atoms with van der Waals surface area (Å²) in [6, 6.07) is 16.3. The van der Waals surface area contributed by atoms with Gasteiger partial charge in [0.05, 0.1) is 6.54 Å². The molecule has 1 aliphatic heterocycles. The lowest BCUT2D eigenvalue weighted by Gasteiger charge is -2.23. The fraction of sp³-hybridized carbons (Fsp3) is 0.333. The molecule has 1 amide bonds. The van der Waals surface area contributed by atoms with Crippen LogP contribution in [-0.4, -0.2) is 54.5 Å². The first-order valence-electron chi connectivity index (χ1n) is 8.94. The second-order valence-electron chi connectivity index (χ2n) is 6.98. The van der Waals surface area contributed by atoms with Crippen LogP contribution in [-0.2, 0) is 14.3 Å². The number of rotatable bonds is 4. The van der Waals surface area contributed by atoms with Crippen molar-refractivity contribution in [1.29, 1.82) is 0 Å². The molecule has 1 unspecified atom stereocenters. The van der Waals surface area contributed by atoms with E-state index in [1.165, 1.54) is 23.1 Å². The van der Waals surface area contributed by atoms with E-state index in [9.17, 15) is 14.7 Å². The molecule has 0 bridgehead atoms. The minimum absolute atomic E-state index is 0.00446. The lowest BCUT2D eigenvalue weighted by Crippen LogP contribution is -2.44. The highest BCUT2D eigenvalue weighted by atomic mass is 16.6. The minimum Gasteiger partial charge on any atom is -0.479 e. The Hall–Kier alpha value is -2.86. The van der Waals surface area contributed by atoms with Crippen LogP contribution in [0, 0.1) is 0 Å². The number of fused-ring (bicyclic) bond motifs is 3. The standard InChI is InChI=1S/C21H21NO5/c1-26-21(19(23)24)10-11-22(13-21)20(25)27-12-18-16-8-4-2-6-14(16)15-7-3-5-9-17(15)18/h2-9,18H,10-13H2,1H3,(H,23,24). The van der Waals surface area contributed by atoms with Gasteiger partial charge in [-0.05, 0) is 22.3 Å². The van der Waals surface area contributed by atoms with Crippen molar-refractivity contribution >= 4 is 12.1 Å². The largest absolute Gasteiger partial charge is 0.479 e. The molecule has 0 radical (unpaired) electrons. The molecular formula is C21H21NO5. The van der Waals surface area contributed by atoms with E-state index in [0.717, 1.165) is 11.1 Å². The number of likely N-dealkylation sites (tertiary alicyclic amines) is 1. The van der Waals surface area contributed by atoms with Gasteiger partial charge in [0.25, 0.3) is 0 Å². The van der Waals surface area contributed by atoms with E-state index in [-0.39, 0.29) is 25.5 Å². The van der Waals surface area contributed by atoms with E-state index in [2.05, 4.69) is 24.3 Å². The molecule has 2 aliphatic rings. The zero-order valence-corrected chi connectivity index (χ0v) is 15.1. The molecule has 2 aromatic rings. The van der Waals surface area contributed by atoms with Crippen LogP contribution in [0.1, 0.15) is 23.5 Å². The first-order chi connectivity index (χ1) is 13.1. The molecule has 1 aliphatic carbocycles. The molecule has 2 aromatic carbocycles. The lowest BCUT2D eigenvalue weighted by molar-refractivity contribution is -0.160. The van der Waals surface area contributed by atoms with E-state index >= 15 is 0 Å². The summed E-state index contributed by atoms with van der Waals surface area (Å²) < 4.78 is 10.7. The number of ether oxygens (including phenoxy) is 2. The Morgan fingerprint density at radius 1 is 1.11 bits per heavy atom. The Kier molecular flexibility index (Phi) is 4.36. The summed E-state index contributed by atoms with van der Waals surface area (Å²) >= 11 is 0. The van der Waals surface area contributed by atoms with E-state index in [0.29, 0.717) is 6.54 Å². The molecule has 6 heteroatoms. The number of carbonyl (C=O) groups excluding carboxylic acids is 1. The topological polar surface area (TPSA) is 76.1 Å². The first kappa shape index (κ1) is 17.5. The van der Waals surface area contributed by atoms with Gasteiger partial charge in [-0.15, -0.1) is 0 Å². The van der Waals surface area contributed by atoms with Gasteiger partial charge in [-0.25, -0.2) is 9.59 Å². The minimum atomic E-state index is -1.34. The molecule has 1 heterocycles. The zero-order chi connectivity index (χ0) is 19.0. The quantitative estimate of drug-likeness (QED) is 0.899. The Labute approximate surface area is 157 Å². The third kappa shape index (κ3) is 2.86. The van der Waals surface area contributed by atoms with Gasteiger partial charge in [0, 0.05) is 26.0 Å². The summed E-state index contributed by atoms with van der Waals surface area (Å²) in [6.07, 6.45) is -0.250. The van der Waals surface area contributed by atoms with Crippen LogP contribution in [0.3, 0.4) is 0 Å². The Morgan fingerprint density at radius 2 is 1.70 bits per heavy atom. The van der Waals surface area contributed by atoms with E-state index in [4.69, 9.17) is 9.47 Å². The summed E-state index contributed by atoms with van der Waals surface area (Å²) in [4.78, 5) is 25.4. The van der Waals surface area contributed by atoms with Crippen molar-refractivity contribution in [3.63, 3.8) is 0 Å². The SMILES string of the molecule is COC1(C(=O)O)CCN(C(=O)OCC2c3ccccc3-c3ccccc32)C1. The van der Waals surface area contributed by atoms with E-state index in [1.807, 2.05) is 24.3 Å². The highest BCUT2D eigenvalue weighted by Gasteiger charge is 2.47. The van der Waals surface area contributed by atoms with Crippen molar-refractivity contribution in [3.05, 3.63) is 59.7 Å². The van der Waals surface area contributed by atoms with Gasteiger partial charge in [-0.1, -0.05) is 48.5 Å². The number of hydrogen-bond donors (Lipinski definition) is 1. The first-order valence-corrected chi connectivity index (χ1v) is 8.94. The van der Waals surface area contributed by atoms with E-state index in [1.54, 1.807) is 0 Å². The van der Waals surface area contributed by atoms with Crippen molar-refractivity contribution in [2.75, 3.05) is 26.8 Å². The van der Waals surface area contributed by atoms with Crippen LogP contribution in [0.15, 0.2) is 48.5 Å². The molecule has 1 saturated heterocycles. The van der Waals surface area contributed by atoms with Gasteiger partial charge in [0.1, 0.15) is 6.61 Å². The summed E-state index contributed by atoms with van der Waals surface area (Å²) in [7, 11) is 1.36. The average Bonchev–Trinajstić information content (AvgIpc) is 3.27. The maximum absolute atomic E-state index is 12.5. The molecule has 1 fully saturated rings. The summed E-state index contributed by atoms with van der Waals surface area (Å²) in [6.45, 7) is 0.517. The number of carboxylic acids is 1. The van der Waals surface area contributed by atoms with Crippen molar-refractivity contribution < 1.29 is 24.2 Å². The zero-order valence-electron chi connectivity index (χ0n) is 15.1. The van der Waals surface area contributed by atoms with Crippen LogP contribution < -0.4 is 0 Å². The van der Waals surface area contributed by atoms with Crippen molar-refractivity contribution in [3.8, 4) is 11.1 Å². The summed E-state index contributed by atoms with van der Waals surface area (Å²) in [5.74, 6) is -1.07. The number of aliphatic carboxylic acids is 1. The lowest BCUT2D eigenvalue weighted by atomic mass is 9.98. The number of carboxylic acid groups (broad SMARTS) is 1. The molecule has 0 saturated carbocycles. The summed E-state index contributed by atoms with van der Waals surface area (Å²) in [5.41, 5.74) is 3.28. The molecule has 6 nitrogen and oxygen atoms in total. The molecular weight excluding hydrogens is 346 g/mol. The second kappa shape index (κ2) is 6.70. The fourth-order valence-electron chi connectivity index (χ4n) is 4.05. The van der Waals surface area contributed by atoms with Crippen LogP contribution in [0.4, 0.5) is 4.79 Å². The van der Waals surface area contributed by atoms with Gasteiger partial charge in [0.15, 0.2) is 5.60 Å². The third-order valence-electron chi connectivity index (χ3n) is 5.61. The van der Waals surface area contributed by atoms with Crippen LogP contribution in [0.5, 0.6) is 0 Å². The molecule has 0 spiro atoms. The Morgan fingerprint density at radius 3 is 2.22 bits per heavy atom. The Balaban J connectivity index is 1.48. The monoisotopic (exact) mass is 367 g/mol. The van der Waals surface area contributed by atoms with Crippen molar-refractivity contribution in [1.82, 2.24) is 4.90 Å². The van der Waals surface area contributed by atoms with Crippen LogP contribution in [0.25, 0.3) is 11.1 Å². The average molecular weight is 367 g/mol. The number of amides is 1. The number of carbonyl (C=O) groups is 2. The van der Waals surface area contributed by atoms with E-state index < -0.39 is 17.7 Å². The van der Waals surface area contributed by atoms with Crippen LogP contribution in [0.2, 0.25) is 0 Å². The van der Waals surface area contributed by atoms with Gasteiger partial charge in [0.2, 0.25) is 0 Å². The van der Waals surface area contributed by atoms with Gasteiger partial charge in [-0.2, -0.15) is 0 Å². The molecule has 1 atom stereocenters.